The summed E-state index contributed by atoms with van der Waals surface area (Å²) in [4.78, 5) is 138. The predicted molar refractivity (Wildman–Crippen MR) is 388 cm³/mol. The van der Waals surface area contributed by atoms with E-state index in [1.165, 1.54) is 34.5 Å². The first-order chi connectivity index (χ1) is 51.0. The van der Waals surface area contributed by atoms with E-state index in [0.717, 1.165) is 70.8 Å². The number of halogens is 6. The fourth-order valence-electron chi connectivity index (χ4n) is 9.27. The van der Waals surface area contributed by atoms with Gasteiger partial charge in [-0.2, -0.15) is 55.1 Å². The third-order valence-corrected chi connectivity index (χ3v) is 15.1. The van der Waals surface area contributed by atoms with Crippen LogP contribution in [0, 0.1) is 5.92 Å². The summed E-state index contributed by atoms with van der Waals surface area (Å²) < 4.78 is 134. The lowest BCUT2D eigenvalue weighted by Gasteiger charge is -2.29. The zero-order chi connectivity index (χ0) is 86.1. The number of rotatable bonds is 11. The highest BCUT2D eigenvalue weighted by molar-refractivity contribution is 7.87. The van der Waals surface area contributed by atoms with E-state index in [4.69, 9.17) is 67.5 Å². The number of carbonyl (C=O) groups is 7. The van der Waals surface area contributed by atoms with Crippen molar-refractivity contribution in [2.45, 2.75) is 236 Å². The van der Waals surface area contributed by atoms with Gasteiger partial charge in [0.25, 0.3) is 0 Å². The quantitative estimate of drug-likeness (QED) is 0.0228. The van der Waals surface area contributed by atoms with Crippen LogP contribution >= 0.6 is 0 Å². The summed E-state index contributed by atoms with van der Waals surface area (Å²) in [7, 11) is -7.71. The van der Waals surface area contributed by atoms with Crippen LogP contribution < -0.4 is 4.74 Å². The molecule has 0 radical (unpaired) electrons. The molecule has 6 rings (SSSR count). The highest BCUT2D eigenvalue weighted by Crippen LogP contribution is 2.33. The number of ether oxygens (including phenoxy) is 8. The van der Waals surface area contributed by atoms with Gasteiger partial charge in [0.1, 0.15) is 45.5 Å². The fraction of sp³-hybridized carbons (Fsp3) is 0.708. The minimum Gasteiger partial charge on any atom is -0.497 e. The van der Waals surface area contributed by atoms with Crippen LogP contribution in [0.5, 0.6) is 5.75 Å². The lowest BCUT2D eigenvalue weighted by atomic mass is 9.94. The summed E-state index contributed by atoms with van der Waals surface area (Å²) in [6.07, 6.45) is 8.74. The van der Waals surface area contributed by atoms with E-state index in [1.807, 2.05) is 100 Å². The van der Waals surface area contributed by atoms with Crippen molar-refractivity contribution in [3.05, 3.63) is 52.3 Å². The Bertz CT molecular complexity index is 3150. The Morgan fingerprint density at radius 3 is 1.23 bits per heavy atom. The Kier molecular flexibility index (Phi) is 59.9. The molecule has 5 heterocycles. The largest absolute Gasteiger partial charge is 0.762 e. The molecule has 110 heavy (non-hydrogen) atoms. The SMILES string of the molecule is C1CCOC1.CC(C)(C)OC(=O)N1CCC(=O)CC1.CCC1=C(OS(=O)(=O)C(F)(F)F)CCN(C(=O)OC(C)(C)C)CC1.CCC1=C(c2ccc(OC)cc2)CCN(C(=O)OC(C)(C)C)CC1.CCC1CCN(C(=O)OC(C)(C)C)CCC1=O.CCOC(=O)C=[N+]=[N-].CCOCC.FB(F)F.O=C=O.O=C=O.O=C=O. The number of carbonyl (C=O) groups excluding carboxylic acids is 13. The molecule has 0 aromatic heterocycles. The molecular weight excluding hydrogens is 1490 g/mol. The topological polar surface area (TPSA) is 388 Å². The zero-order valence-corrected chi connectivity index (χ0v) is 67.9. The van der Waals surface area contributed by atoms with Crippen LogP contribution in [0.4, 0.5) is 45.3 Å². The Hall–Kier alpha value is -8.78. The molecule has 1 aromatic carbocycles. The van der Waals surface area contributed by atoms with Gasteiger partial charge in [-0.05, 0) is 190 Å². The number of alkyl halides is 3. The van der Waals surface area contributed by atoms with E-state index in [2.05, 4.69) is 32.8 Å². The van der Waals surface area contributed by atoms with E-state index in [-0.39, 0.29) is 85.9 Å². The van der Waals surface area contributed by atoms with Crippen LogP contribution in [0.3, 0.4) is 0 Å². The fourth-order valence-corrected chi connectivity index (χ4v) is 9.84. The number of likely N-dealkylation sites (tertiary alicyclic amines) is 2. The maximum atomic E-state index is 12.5. The molecule has 1 unspecified atom stereocenters. The smallest absolute Gasteiger partial charge is 0.497 e. The maximum absolute atomic E-state index is 12.5. The van der Waals surface area contributed by atoms with Gasteiger partial charge in [0.15, 0.2) is 0 Å². The Balaban J connectivity index is -0.000000398. The summed E-state index contributed by atoms with van der Waals surface area (Å²) in [5, 5.41) is 0. The molecule has 0 N–H and O–H groups in total. The average molecular weight is 1610 g/mol. The van der Waals surface area contributed by atoms with Gasteiger partial charge in [-0.3, -0.25) is 22.5 Å². The van der Waals surface area contributed by atoms with Gasteiger partial charge in [0.2, 0.25) is 0 Å². The first-order valence-corrected chi connectivity index (χ1v) is 36.9. The van der Waals surface area contributed by atoms with Crippen molar-refractivity contribution in [3.8, 4) is 5.75 Å². The summed E-state index contributed by atoms with van der Waals surface area (Å²) in [6, 6.07) is 8.19. The number of esters is 1. The molecule has 628 valence electrons. The average Bonchev–Trinajstić information content (AvgIpc) is 1.46. The van der Waals surface area contributed by atoms with Crippen molar-refractivity contribution in [3.63, 3.8) is 0 Å². The molecular formula is C72H115BF6N6O24S. The van der Waals surface area contributed by atoms with Gasteiger partial charge in [-0.15, -0.1) is 0 Å². The highest BCUT2D eigenvalue weighted by Gasteiger charge is 2.49. The Labute approximate surface area is 643 Å². The molecule has 0 spiro atoms. The van der Waals surface area contributed by atoms with Gasteiger partial charge in [-0.1, -0.05) is 38.5 Å². The van der Waals surface area contributed by atoms with Crippen LogP contribution in [0.15, 0.2) is 41.2 Å². The van der Waals surface area contributed by atoms with Gasteiger partial charge in [0.05, 0.1) is 13.7 Å². The third-order valence-electron chi connectivity index (χ3n) is 14.2. The number of nitrogens with zero attached hydrogens (tertiary/aromatic N) is 6. The van der Waals surface area contributed by atoms with Gasteiger partial charge >= 0.3 is 78.2 Å². The van der Waals surface area contributed by atoms with E-state index in [0.29, 0.717) is 76.8 Å². The summed E-state index contributed by atoms with van der Waals surface area (Å²) >= 11 is 0. The van der Waals surface area contributed by atoms with E-state index in [9.17, 15) is 68.1 Å². The molecule has 3 fully saturated rings. The molecule has 5 aliphatic rings. The molecule has 1 aromatic rings. The van der Waals surface area contributed by atoms with Crippen LogP contribution in [0.2, 0.25) is 0 Å². The predicted octanol–water partition coefficient (Wildman–Crippen LogP) is 13.5. The standard InChI is InChI=1S/C20H29NO3.C14H22F3NO5S.C13H23NO3.C10H17NO3.C4H6N2O2.C4H8O.C4H10O.3CO2.BF3/c1-6-15-11-13-21(19(22)24-20(2,3)4)14-12-18(15)16-7-9-17(23-5)10-8-16;1-5-10-6-8-18(12(19)22-13(2,3)4)9-7-11(10)23-24(20,21)14(15,16)17;1-5-10-6-8-14(9-7-11(10)15)12(16)17-13(2,3)4;1-10(2,3)14-9(13)11-6-4-8(12)5-7-11;1-2-8-4(7)3-6-5;1-2-4-5-3-1;1-3-5-4-2;3*2-1-3;2-1(3)4/h7-10H,6,11-14H2,1-5H3;5-9H2,1-4H3;10H,5-9H2,1-4H3;4-7H2,1-3H3;3H,2H2,1H3;1-4H2;3-4H2,1-2H3;;;;. The lowest BCUT2D eigenvalue weighted by Crippen LogP contribution is -2.41. The molecule has 0 aliphatic carbocycles. The second kappa shape index (κ2) is 60.0. The second-order valence-electron chi connectivity index (χ2n) is 27.1. The Morgan fingerprint density at radius 1 is 0.564 bits per heavy atom. The number of Topliss-reactive ketones (excluding diaryl/α,β-unsaturated/α-hetero) is 2. The summed E-state index contributed by atoms with van der Waals surface area (Å²) in [5.74, 6) is 0.600. The maximum Gasteiger partial charge on any atom is 0.762 e. The van der Waals surface area contributed by atoms with Crippen molar-refractivity contribution in [1.29, 1.82) is 0 Å². The molecule has 5 aliphatic heterocycles. The zero-order valence-electron chi connectivity index (χ0n) is 67.1. The number of amides is 4. The lowest BCUT2D eigenvalue weighted by molar-refractivity contribution is -0.193. The molecule has 4 amide bonds. The van der Waals surface area contributed by atoms with Gasteiger partial charge < -0.3 is 67.2 Å². The second-order valence-corrected chi connectivity index (χ2v) is 28.7. The molecule has 0 saturated carbocycles. The van der Waals surface area contributed by atoms with Crippen molar-refractivity contribution in [1.82, 2.24) is 19.6 Å². The number of hydrogen-bond acceptors (Lipinski definition) is 24. The molecule has 30 nitrogen and oxygen atoms in total. The molecule has 38 heteroatoms. The van der Waals surface area contributed by atoms with Gasteiger partial charge in [-0.25, -0.2) is 24.0 Å². The molecule has 0 bridgehead atoms. The number of ketones is 2. The normalized spacial score (nSPS) is 15.5. The minimum atomic E-state index is -5.72. The van der Waals surface area contributed by atoms with Crippen LogP contribution in [0.25, 0.3) is 11.1 Å². The van der Waals surface area contributed by atoms with Crippen molar-refractivity contribution < 1.29 is 144 Å². The van der Waals surface area contributed by atoms with E-state index >= 15 is 0 Å². The monoisotopic (exact) mass is 1600 g/mol. The number of benzene rings is 1. The van der Waals surface area contributed by atoms with E-state index in [1.54, 1.807) is 51.5 Å². The summed E-state index contributed by atoms with van der Waals surface area (Å²) in [6.45, 7) is 41.1. The van der Waals surface area contributed by atoms with Crippen molar-refractivity contribution >= 4 is 89.8 Å². The van der Waals surface area contributed by atoms with E-state index < -0.39 is 57.6 Å². The molecule has 1 atom stereocenters. The third kappa shape index (κ3) is 58.2. The first-order valence-electron chi connectivity index (χ1n) is 35.4. The van der Waals surface area contributed by atoms with Crippen LogP contribution in [-0.4, -0.2) is 227 Å². The molecule has 3 saturated heterocycles. The number of piperidine rings is 1. The minimum absolute atomic E-state index is 0.0150. The van der Waals surface area contributed by atoms with Crippen molar-refractivity contribution in [2.24, 2.45) is 5.92 Å². The van der Waals surface area contributed by atoms with Gasteiger partial charge in [0, 0.05) is 110 Å². The Morgan fingerprint density at radius 2 is 0.918 bits per heavy atom. The highest BCUT2D eigenvalue weighted by atomic mass is 32.2. The van der Waals surface area contributed by atoms with Crippen molar-refractivity contribution in [2.75, 3.05) is 92.5 Å². The van der Waals surface area contributed by atoms with Crippen LogP contribution in [-0.2, 0) is 90.6 Å². The van der Waals surface area contributed by atoms with Crippen LogP contribution in [0.1, 0.15) is 214 Å². The first kappa shape index (κ1) is 110. The number of methoxy groups -OCH3 is 1. The summed E-state index contributed by atoms with van der Waals surface area (Å²) in [5.41, 5.74) is 4.58. The number of hydrogen-bond donors (Lipinski definition) is 0.